The Morgan fingerprint density at radius 2 is 2.18 bits per heavy atom. The number of carboxylic acid groups (broad SMARTS) is 1. The van der Waals surface area contributed by atoms with Gasteiger partial charge in [0.05, 0.1) is 6.20 Å². The van der Waals surface area contributed by atoms with E-state index in [0.29, 0.717) is 18.3 Å². The number of nitrogens with zero attached hydrogens (tertiary/aromatic N) is 2. The molecule has 0 saturated carbocycles. The van der Waals surface area contributed by atoms with Crippen molar-refractivity contribution in [1.82, 2.24) is 14.9 Å². The Labute approximate surface area is 99.7 Å². The fraction of sp³-hybridized carbons (Fsp3) is 0.545. The number of carbonyl (C=O) groups excluding carboxylic acids is 1. The summed E-state index contributed by atoms with van der Waals surface area (Å²) < 4.78 is 1.39. The number of carbonyl (C=O) groups is 2. The molecule has 0 aliphatic heterocycles. The number of aryl methyl sites for hydroxylation is 1. The lowest BCUT2D eigenvalue weighted by Crippen LogP contribution is -2.31. The van der Waals surface area contributed by atoms with Crippen LogP contribution < -0.4 is 5.32 Å². The molecule has 2 N–H and O–H groups in total. The van der Waals surface area contributed by atoms with Crippen molar-refractivity contribution in [2.24, 2.45) is 5.92 Å². The average molecular weight is 239 g/mol. The van der Waals surface area contributed by atoms with Gasteiger partial charge in [0.15, 0.2) is 0 Å². The molecule has 0 unspecified atom stereocenters. The van der Waals surface area contributed by atoms with E-state index in [0.717, 1.165) is 0 Å². The zero-order chi connectivity index (χ0) is 13.0. The minimum atomic E-state index is -1.08. The van der Waals surface area contributed by atoms with Gasteiger partial charge in [0.1, 0.15) is 18.1 Å². The molecule has 0 aromatic carbocycles. The molecule has 0 radical (unpaired) electrons. The third kappa shape index (κ3) is 3.58. The van der Waals surface area contributed by atoms with Gasteiger partial charge in [0, 0.05) is 6.54 Å². The summed E-state index contributed by atoms with van der Waals surface area (Å²) >= 11 is 0. The fourth-order valence-electron chi connectivity index (χ4n) is 1.36. The summed E-state index contributed by atoms with van der Waals surface area (Å²) in [5.74, 6) is -0.409. The molecule has 0 spiro atoms. The highest BCUT2D eigenvalue weighted by molar-refractivity contribution is 5.86. The van der Waals surface area contributed by atoms with Crippen molar-refractivity contribution in [3.8, 4) is 0 Å². The Morgan fingerprint density at radius 1 is 1.53 bits per heavy atom. The van der Waals surface area contributed by atoms with Gasteiger partial charge in [-0.25, -0.2) is 9.78 Å². The van der Waals surface area contributed by atoms with Gasteiger partial charge in [-0.3, -0.25) is 4.79 Å². The number of rotatable bonds is 5. The number of aromatic carboxylic acids is 1. The number of carboxylic acids is 1. The van der Waals surface area contributed by atoms with E-state index < -0.39 is 5.97 Å². The van der Waals surface area contributed by atoms with E-state index in [4.69, 9.17) is 5.11 Å². The van der Waals surface area contributed by atoms with E-state index in [2.05, 4.69) is 10.3 Å². The van der Waals surface area contributed by atoms with Crippen LogP contribution in [-0.2, 0) is 11.3 Å². The van der Waals surface area contributed by atoms with Gasteiger partial charge in [0.25, 0.3) is 0 Å². The van der Waals surface area contributed by atoms with Gasteiger partial charge in [-0.05, 0) is 12.8 Å². The second kappa shape index (κ2) is 5.47. The standard InChI is InChI=1S/C11H17N3O3/c1-7(2)4-13-10(15)6-14-8(3)12-5-9(14)11(16)17/h5,7H,4,6H2,1-3H3,(H,13,15)(H,16,17). The lowest BCUT2D eigenvalue weighted by atomic mass is 10.2. The maximum Gasteiger partial charge on any atom is 0.354 e. The number of hydrogen-bond donors (Lipinski definition) is 2. The maximum absolute atomic E-state index is 11.6. The molecule has 17 heavy (non-hydrogen) atoms. The minimum Gasteiger partial charge on any atom is -0.477 e. The molecule has 94 valence electrons. The van der Waals surface area contributed by atoms with E-state index >= 15 is 0 Å². The summed E-state index contributed by atoms with van der Waals surface area (Å²) in [6.45, 7) is 6.22. The summed E-state index contributed by atoms with van der Waals surface area (Å²) in [6, 6.07) is 0. The Morgan fingerprint density at radius 3 is 2.71 bits per heavy atom. The van der Waals surface area contributed by atoms with Crippen LogP contribution in [0.2, 0.25) is 0 Å². The van der Waals surface area contributed by atoms with Crippen LogP contribution in [0, 0.1) is 12.8 Å². The highest BCUT2D eigenvalue weighted by Gasteiger charge is 2.15. The second-order valence-electron chi connectivity index (χ2n) is 4.28. The topological polar surface area (TPSA) is 84.2 Å². The SMILES string of the molecule is Cc1ncc(C(=O)O)n1CC(=O)NCC(C)C. The summed E-state index contributed by atoms with van der Waals surface area (Å²) in [5.41, 5.74) is 0.0298. The summed E-state index contributed by atoms with van der Waals surface area (Å²) in [5, 5.41) is 11.7. The van der Waals surface area contributed by atoms with Crippen molar-refractivity contribution >= 4 is 11.9 Å². The van der Waals surface area contributed by atoms with Crippen LogP contribution in [0.1, 0.15) is 30.2 Å². The number of aromatic nitrogens is 2. The highest BCUT2D eigenvalue weighted by Crippen LogP contribution is 2.04. The maximum atomic E-state index is 11.6. The Balaban J connectivity index is 2.71. The zero-order valence-electron chi connectivity index (χ0n) is 10.2. The molecule has 1 aromatic heterocycles. The van der Waals surface area contributed by atoms with Crippen molar-refractivity contribution in [1.29, 1.82) is 0 Å². The highest BCUT2D eigenvalue weighted by atomic mass is 16.4. The molecule has 6 heteroatoms. The number of nitrogens with one attached hydrogen (secondary N) is 1. The lowest BCUT2D eigenvalue weighted by molar-refractivity contribution is -0.121. The largest absolute Gasteiger partial charge is 0.477 e. The zero-order valence-corrected chi connectivity index (χ0v) is 10.2. The Bertz CT molecular complexity index is 424. The monoisotopic (exact) mass is 239 g/mol. The van der Waals surface area contributed by atoms with E-state index in [-0.39, 0.29) is 18.1 Å². The van der Waals surface area contributed by atoms with Gasteiger partial charge >= 0.3 is 5.97 Å². The Kier molecular flexibility index (Phi) is 4.25. The normalized spacial score (nSPS) is 10.6. The third-order valence-electron chi connectivity index (χ3n) is 2.28. The predicted molar refractivity (Wildman–Crippen MR) is 61.8 cm³/mol. The van der Waals surface area contributed by atoms with Gasteiger partial charge in [0.2, 0.25) is 5.91 Å². The average Bonchev–Trinajstić information content (AvgIpc) is 2.58. The van der Waals surface area contributed by atoms with E-state index in [1.54, 1.807) is 6.92 Å². The van der Waals surface area contributed by atoms with Crippen LogP contribution in [0.3, 0.4) is 0 Å². The first-order valence-corrected chi connectivity index (χ1v) is 5.44. The van der Waals surface area contributed by atoms with Crippen molar-refractivity contribution in [3.63, 3.8) is 0 Å². The first kappa shape index (κ1) is 13.2. The van der Waals surface area contributed by atoms with Gasteiger partial charge in [-0.15, -0.1) is 0 Å². The van der Waals surface area contributed by atoms with Crippen LogP contribution in [0.5, 0.6) is 0 Å². The molecule has 0 aliphatic rings. The van der Waals surface area contributed by atoms with Crippen molar-refractivity contribution in [2.75, 3.05) is 6.54 Å². The van der Waals surface area contributed by atoms with Crippen LogP contribution in [-0.4, -0.2) is 33.1 Å². The number of hydrogen-bond acceptors (Lipinski definition) is 3. The van der Waals surface area contributed by atoms with Gasteiger partial charge < -0.3 is 15.0 Å². The number of amides is 1. The molecule has 1 heterocycles. The molecular weight excluding hydrogens is 222 g/mol. The molecular formula is C11H17N3O3. The summed E-state index contributed by atoms with van der Waals surface area (Å²) in [6.07, 6.45) is 1.26. The lowest BCUT2D eigenvalue weighted by Gasteiger charge is -2.10. The Hall–Kier alpha value is -1.85. The predicted octanol–water partition coefficient (Wildman–Crippen LogP) is 0.662. The molecule has 0 fully saturated rings. The van der Waals surface area contributed by atoms with Crippen molar-refractivity contribution < 1.29 is 14.7 Å². The molecule has 0 atom stereocenters. The first-order chi connectivity index (χ1) is 7.91. The van der Waals surface area contributed by atoms with Crippen LogP contribution in [0.25, 0.3) is 0 Å². The van der Waals surface area contributed by atoms with E-state index in [9.17, 15) is 9.59 Å². The third-order valence-corrected chi connectivity index (χ3v) is 2.28. The summed E-state index contributed by atoms with van der Waals surface area (Å²) in [7, 11) is 0. The van der Waals surface area contributed by atoms with E-state index in [1.165, 1.54) is 10.8 Å². The second-order valence-corrected chi connectivity index (χ2v) is 4.28. The molecule has 1 amide bonds. The van der Waals surface area contributed by atoms with Gasteiger partial charge in [-0.2, -0.15) is 0 Å². The quantitative estimate of drug-likeness (QED) is 0.790. The molecule has 0 saturated heterocycles. The first-order valence-electron chi connectivity index (χ1n) is 5.44. The van der Waals surface area contributed by atoms with E-state index in [1.807, 2.05) is 13.8 Å². The molecule has 1 aromatic rings. The smallest absolute Gasteiger partial charge is 0.354 e. The molecule has 1 rings (SSSR count). The summed E-state index contributed by atoms with van der Waals surface area (Å²) in [4.78, 5) is 26.4. The molecule has 0 bridgehead atoms. The van der Waals surface area contributed by atoms with Crippen molar-refractivity contribution in [2.45, 2.75) is 27.3 Å². The number of imidazole rings is 1. The fourth-order valence-corrected chi connectivity index (χ4v) is 1.36. The molecule has 0 aliphatic carbocycles. The van der Waals surface area contributed by atoms with Crippen LogP contribution in [0.15, 0.2) is 6.20 Å². The van der Waals surface area contributed by atoms with Gasteiger partial charge in [-0.1, -0.05) is 13.8 Å². The molecule has 6 nitrogen and oxygen atoms in total. The van der Waals surface area contributed by atoms with Crippen molar-refractivity contribution in [3.05, 3.63) is 17.7 Å². The van der Waals surface area contributed by atoms with Crippen LogP contribution in [0.4, 0.5) is 0 Å². The van der Waals surface area contributed by atoms with Crippen LogP contribution >= 0.6 is 0 Å². The minimum absolute atomic E-state index is 0.0137.